The topological polar surface area (TPSA) is 64.1 Å². The molecule has 0 unspecified atom stereocenters. The summed E-state index contributed by atoms with van der Waals surface area (Å²) >= 11 is 0. The third kappa shape index (κ3) is 1.71. The Balaban J connectivity index is 2.63. The summed E-state index contributed by atoms with van der Waals surface area (Å²) in [5, 5.41) is 12.5. The zero-order chi connectivity index (χ0) is 8.27. The van der Waals surface area contributed by atoms with E-state index in [1.807, 2.05) is 0 Å². The van der Waals surface area contributed by atoms with Crippen molar-refractivity contribution in [2.24, 2.45) is 7.05 Å². The lowest BCUT2D eigenvalue weighted by molar-refractivity contribution is 0.288. The number of nitrogens with two attached hydrogens (primary N) is 1. The van der Waals surface area contributed by atoms with Crippen LogP contribution in [0.1, 0.15) is 12.0 Å². The molecule has 1 aromatic heterocycles. The van der Waals surface area contributed by atoms with E-state index in [4.69, 9.17) is 10.8 Å². The molecule has 62 valence electrons. The lowest BCUT2D eigenvalue weighted by Gasteiger charge is -1.97. The minimum atomic E-state index is 0.203. The molecule has 0 radical (unpaired) electrons. The third-order valence-corrected chi connectivity index (χ3v) is 1.67. The first kappa shape index (κ1) is 8.07. The maximum Gasteiger partial charge on any atom is 0.124 e. The van der Waals surface area contributed by atoms with Crippen molar-refractivity contribution < 1.29 is 5.11 Å². The second-order valence-corrected chi connectivity index (χ2v) is 2.51. The average Bonchev–Trinajstić information content (AvgIpc) is 2.31. The minimum Gasteiger partial charge on any atom is -0.396 e. The Hall–Kier alpha value is -1.03. The van der Waals surface area contributed by atoms with Gasteiger partial charge < -0.3 is 10.8 Å². The first-order chi connectivity index (χ1) is 5.25. The highest BCUT2D eigenvalue weighted by atomic mass is 16.2. The van der Waals surface area contributed by atoms with Gasteiger partial charge in [0.25, 0.3) is 0 Å². The zero-order valence-electron chi connectivity index (χ0n) is 6.62. The van der Waals surface area contributed by atoms with Crippen LogP contribution in [0, 0.1) is 0 Å². The molecule has 0 atom stereocenters. The van der Waals surface area contributed by atoms with E-state index in [0.717, 1.165) is 18.4 Å². The molecule has 0 bridgehead atoms. The maximum atomic E-state index is 8.56. The fourth-order valence-corrected chi connectivity index (χ4v) is 0.955. The van der Waals surface area contributed by atoms with Gasteiger partial charge in [-0.05, 0) is 12.8 Å². The molecule has 4 nitrogen and oxygen atoms in total. The zero-order valence-corrected chi connectivity index (χ0v) is 6.62. The van der Waals surface area contributed by atoms with Crippen molar-refractivity contribution in [1.82, 2.24) is 9.78 Å². The summed E-state index contributed by atoms with van der Waals surface area (Å²) < 4.78 is 1.63. The van der Waals surface area contributed by atoms with Gasteiger partial charge in [0, 0.05) is 19.2 Å². The monoisotopic (exact) mass is 155 g/mol. The summed E-state index contributed by atoms with van der Waals surface area (Å²) in [5.41, 5.74) is 6.68. The van der Waals surface area contributed by atoms with Gasteiger partial charge >= 0.3 is 0 Å². The van der Waals surface area contributed by atoms with Crippen LogP contribution in [0.15, 0.2) is 6.20 Å². The van der Waals surface area contributed by atoms with E-state index in [2.05, 4.69) is 5.10 Å². The summed E-state index contributed by atoms with van der Waals surface area (Å²) in [6, 6.07) is 0. The Morgan fingerprint density at radius 2 is 2.45 bits per heavy atom. The minimum absolute atomic E-state index is 0.203. The van der Waals surface area contributed by atoms with Gasteiger partial charge in [-0.2, -0.15) is 5.10 Å². The first-order valence-electron chi connectivity index (χ1n) is 3.63. The van der Waals surface area contributed by atoms with Gasteiger partial charge in [-0.1, -0.05) is 0 Å². The third-order valence-electron chi connectivity index (χ3n) is 1.67. The molecule has 1 rings (SSSR count). The van der Waals surface area contributed by atoms with Crippen molar-refractivity contribution in [3.8, 4) is 0 Å². The lowest BCUT2D eigenvalue weighted by Crippen LogP contribution is -2.00. The largest absolute Gasteiger partial charge is 0.396 e. The summed E-state index contributed by atoms with van der Waals surface area (Å²) in [5.74, 6) is 0.693. The Labute approximate surface area is 65.6 Å². The number of aryl methyl sites for hydroxylation is 2. The van der Waals surface area contributed by atoms with Crippen LogP contribution < -0.4 is 5.73 Å². The van der Waals surface area contributed by atoms with Gasteiger partial charge in [-0.25, -0.2) is 0 Å². The molecule has 0 fully saturated rings. The van der Waals surface area contributed by atoms with Crippen LogP contribution in [0.3, 0.4) is 0 Å². The molecule has 0 saturated heterocycles. The van der Waals surface area contributed by atoms with Gasteiger partial charge in [0.2, 0.25) is 0 Å². The van der Waals surface area contributed by atoms with Crippen LogP contribution >= 0.6 is 0 Å². The number of nitrogen functional groups attached to an aromatic ring is 1. The predicted octanol–water partition coefficient (Wildman–Crippen LogP) is -0.0728. The molecule has 0 aliphatic carbocycles. The van der Waals surface area contributed by atoms with Crippen LogP contribution in [-0.2, 0) is 13.5 Å². The molecule has 0 amide bonds. The Bertz CT molecular complexity index is 232. The van der Waals surface area contributed by atoms with E-state index in [0.29, 0.717) is 5.82 Å². The van der Waals surface area contributed by atoms with E-state index >= 15 is 0 Å². The number of hydrogen-bond acceptors (Lipinski definition) is 3. The molecule has 11 heavy (non-hydrogen) atoms. The van der Waals surface area contributed by atoms with Crippen LogP contribution in [-0.4, -0.2) is 21.5 Å². The molecule has 0 spiro atoms. The number of anilines is 1. The van der Waals surface area contributed by atoms with E-state index in [1.165, 1.54) is 0 Å². The highest BCUT2D eigenvalue weighted by Crippen LogP contribution is 2.10. The fraction of sp³-hybridized carbons (Fsp3) is 0.571. The van der Waals surface area contributed by atoms with Gasteiger partial charge in [0.15, 0.2) is 0 Å². The van der Waals surface area contributed by atoms with Crippen molar-refractivity contribution >= 4 is 5.82 Å². The van der Waals surface area contributed by atoms with Gasteiger partial charge in [-0.15, -0.1) is 0 Å². The standard InChI is InChI=1S/C7H13N3O/c1-10-7(8)6(5-9-10)3-2-4-11/h5,11H,2-4,8H2,1H3. The summed E-state index contributed by atoms with van der Waals surface area (Å²) in [6.07, 6.45) is 3.29. The number of aromatic nitrogens is 2. The van der Waals surface area contributed by atoms with E-state index < -0.39 is 0 Å². The lowest BCUT2D eigenvalue weighted by atomic mass is 10.2. The predicted molar refractivity (Wildman–Crippen MR) is 43.0 cm³/mol. The van der Waals surface area contributed by atoms with Crippen LogP contribution in [0.4, 0.5) is 5.82 Å². The Morgan fingerprint density at radius 1 is 1.73 bits per heavy atom. The van der Waals surface area contributed by atoms with E-state index in [-0.39, 0.29) is 6.61 Å². The molecular weight excluding hydrogens is 142 g/mol. The highest BCUT2D eigenvalue weighted by molar-refractivity contribution is 5.38. The first-order valence-corrected chi connectivity index (χ1v) is 3.63. The van der Waals surface area contributed by atoms with Gasteiger partial charge in [-0.3, -0.25) is 4.68 Å². The molecule has 1 aromatic rings. The van der Waals surface area contributed by atoms with Gasteiger partial charge in [0.1, 0.15) is 5.82 Å². The molecular formula is C7H13N3O. The second-order valence-electron chi connectivity index (χ2n) is 2.51. The van der Waals surface area contributed by atoms with Gasteiger partial charge in [0.05, 0.1) is 6.20 Å². The van der Waals surface area contributed by atoms with Crippen molar-refractivity contribution in [1.29, 1.82) is 0 Å². The molecule has 3 N–H and O–H groups in total. The Morgan fingerprint density at radius 3 is 2.91 bits per heavy atom. The number of aliphatic hydroxyl groups excluding tert-OH is 1. The number of rotatable bonds is 3. The van der Waals surface area contributed by atoms with E-state index in [1.54, 1.807) is 17.9 Å². The molecule has 4 heteroatoms. The van der Waals surface area contributed by atoms with Crippen LogP contribution in [0.25, 0.3) is 0 Å². The fourth-order valence-electron chi connectivity index (χ4n) is 0.955. The summed E-state index contributed by atoms with van der Waals surface area (Å²) in [6.45, 7) is 0.203. The van der Waals surface area contributed by atoms with Crippen LogP contribution in [0.5, 0.6) is 0 Å². The number of hydrogen-bond donors (Lipinski definition) is 2. The average molecular weight is 155 g/mol. The number of nitrogens with zero attached hydrogens (tertiary/aromatic N) is 2. The molecule has 1 heterocycles. The van der Waals surface area contributed by atoms with Crippen LogP contribution in [0.2, 0.25) is 0 Å². The SMILES string of the molecule is Cn1ncc(CCCO)c1N. The van der Waals surface area contributed by atoms with E-state index in [9.17, 15) is 0 Å². The van der Waals surface area contributed by atoms with Crippen molar-refractivity contribution in [2.45, 2.75) is 12.8 Å². The molecule has 0 aliphatic heterocycles. The molecule has 0 aromatic carbocycles. The molecule has 0 aliphatic rings. The van der Waals surface area contributed by atoms with Crippen molar-refractivity contribution in [3.05, 3.63) is 11.8 Å². The van der Waals surface area contributed by atoms with Crippen molar-refractivity contribution in [2.75, 3.05) is 12.3 Å². The second kappa shape index (κ2) is 3.39. The smallest absolute Gasteiger partial charge is 0.124 e. The summed E-state index contributed by atoms with van der Waals surface area (Å²) in [7, 11) is 1.80. The normalized spacial score (nSPS) is 10.4. The quantitative estimate of drug-likeness (QED) is 0.642. The maximum absolute atomic E-state index is 8.56. The summed E-state index contributed by atoms with van der Waals surface area (Å²) in [4.78, 5) is 0. The number of aliphatic hydroxyl groups is 1. The Kier molecular flexibility index (Phi) is 2.48. The highest BCUT2D eigenvalue weighted by Gasteiger charge is 2.02. The molecule has 0 saturated carbocycles. The van der Waals surface area contributed by atoms with Crippen molar-refractivity contribution in [3.63, 3.8) is 0 Å².